The quantitative estimate of drug-likeness (QED) is 0.460. The van der Waals surface area contributed by atoms with Crippen LogP contribution in [-0.2, 0) is 6.61 Å². The summed E-state index contributed by atoms with van der Waals surface area (Å²) in [7, 11) is 0. The van der Waals surface area contributed by atoms with Gasteiger partial charge in [0, 0.05) is 23.7 Å². The van der Waals surface area contributed by atoms with Gasteiger partial charge in [-0.3, -0.25) is 9.78 Å². The highest BCUT2D eigenvalue weighted by Crippen LogP contribution is 2.29. The number of hydrogen-bond donors (Lipinski definition) is 1. The Bertz CT molecular complexity index is 1350. The lowest BCUT2D eigenvalue weighted by Gasteiger charge is -2.14. The Morgan fingerprint density at radius 2 is 1.82 bits per heavy atom. The molecule has 0 saturated heterocycles. The average Bonchev–Trinajstić information content (AvgIpc) is 2.80. The minimum atomic E-state index is -0.388. The van der Waals surface area contributed by atoms with Crippen LogP contribution in [0.3, 0.4) is 0 Å². The van der Waals surface area contributed by atoms with E-state index in [0.29, 0.717) is 34.5 Å². The minimum absolute atomic E-state index is 0.161. The maximum absolute atomic E-state index is 13.1. The highest BCUT2D eigenvalue weighted by molar-refractivity contribution is 5.66. The van der Waals surface area contributed by atoms with Crippen LogP contribution in [0.2, 0.25) is 0 Å². The average molecular weight is 445 g/mol. The molecule has 7 nitrogen and oxygen atoms in total. The summed E-state index contributed by atoms with van der Waals surface area (Å²) in [5.41, 5.74) is 3.99. The summed E-state index contributed by atoms with van der Waals surface area (Å²) < 4.78 is 18.9. The summed E-state index contributed by atoms with van der Waals surface area (Å²) in [5, 5.41) is 0. The Morgan fingerprint density at radius 1 is 1.00 bits per heavy atom. The van der Waals surface area contributed by atoms with E-state index in [1.807, 2.05) is 39.8 Å². The SMILES string of the molecule is Cc1cc(-c2nc(-c3ccnc(C(C)C)n3)cc(=O)[nH]2)c(C)cc1OCc1ccc(F)cn1. The maximum Gasteiger partial charge on any atom is 0.251 e. The Labute approximate surface area is 190 Å². The molecule has 0 spiro atoms. The third-order valence-corrected chi connectivity index (χ3v) is 5.14. The van der Waals surface area contributed by atoms with Crippen LogP contribution >= 0.6 is 0 Å². The second-order valence-electron chi connectivity index (χ2n) is 8.12. The van der Waals surface area contributed by atoms with E-state index in [-0.39, 0.29) is 23.9 Å². The summed E-state index contributed by atoms with van der Waals surface area (Å²) >= 11 is 0. The molecule has 1 aromatic carbocycles. The van der Waals surface area contributed by atoms with E-state index in [1.165, 1.54) is 12.1 Å². The molecule has 0 aliphatic carbocycles. The number of nitrogens with zero attached hydrogens (tertiary/aromatic N) is 4. The predicted molar refractivity (Wildman–Crippen MR) is 123 cm³/mol. The van der Waals surface area contributed by atoms with Gasteiger partial charge >= 0.3 is 0 Å². The number of aryl methyl sites for hydroxylation is 2. The van der Waals surface area contributed by atoms with Gasteiger partial charge < -0.3 is 9.72 Å². The summed E-state index contributed by atoms with van der Waals surface area (Å²) in [5.74, 6) is 1.60. The van der Waals surface area contributed by atoms with E-state index in [1.54, 1.807) is 18.3 Å². The van der Waals surface area contributed by atoms with Gasteiger partial charge in [0.25, 0.3) is 5.56 Å². The molecule has 0 saturated carbocycles. The molecule has 4 aromatic rings. The van der Waals surface area contributed by atoms with Gasteiger partial charge in [-0.05, 0) is 55.3 Å². The van der Waals surface area contributed by atoms with Gasteiger partial charge in [0.2, 0.25) is 0 Å². The number of ether oxygens (including phenoxy) is 1. The molecular formula is C25H24FN5O2. The third-order valence-electron chi connectivity index (χ3n) is 5.14. The molecule has 1 N–H and O–H groups in total. The number of nitrogens with one attached hydrogen (secondary N) is 1. The second-order valence-corrected chi connectivity index (χ2v) is 8.12. The van der Waals surface area contributed by atoms with Crippen LogP contribution in [0.15, 0.2) is 53.6 Å². The molecule has 0 fully saturated rings. The highest BCUT2D eigenvalue weighted by atomic mass is 19.1. The predicted octanol–water partition coefficient (Wildman–Crippen LogP) is 4.75. The zero-order chi connectivity index (χ0) is 23.5. The normalized spacial score (nSPS) is 11.1. The van der Waals surface area contributed by atoms with Crippen LogP contribution in [0.4, 0.5) is 4.39 Å². The first-order chi connectivity index (χ1) is 15.8. The minimum Gasteiger partial charge on any atom is -0.487 e. The van der Waals surface area contributed by atoms with Gasteiger partial charge in [-0.25, -0.2) is 19.3 Å². The number of aromatic nitrogens is 5. The third kappa shape index (κ3) is 5.11. The van der Waals surface area contributed by atoms with E-state index in [2.05, 4.69) is 24.9 Å². The first kappa shape index (κ1) is 22.3. The van der Waals surface area contributed by atoms with Crippen molar-refractivity contribution < 1.29 is 9.13 Å². The summed E-state index contributed by atoms with van der Waals surface area (Å²) in [6, 6.07) is 9.93. The van der Waals surface area contributed by atoms with Gasteiger partial charge in [-0.2, -0.15) is 0 Å². The molecular weight excluding hydrogens is 421 g/mol. The second kappa shape index (κ2) is 9.28. The van der Waals surface area contributed by atoms with Crippen LogP contribution in [0, 0.1) is 19.7 Å². The molecule has 3 heterocycles. The standard InChI is InChI=1S/C25H24FN5O2/c1-14(2)24-27-8-7-20(29-24)21-11-23(32)31-25(30-21)19-9-16(4)22(10-15(19)3)33-13-18-6-5-17(26)12-28-18/h5-12,14H,13H2,1-4H3,(H,30,31,32). The van der Waals surface area contributed by atoms with Crippen molar-refractivity contribution in [2.45, 2.75) is 40.2 Å². The number of benzene rings is 1. The Balaban J connectivity index is 1.65. The lowest BCUT2D eigenvalue weighted by molar-refractivity contribution is 0.299. The monoisotopic (exact) mass is 445 g/mol. The lowest BCUT2D eigenvalue weighted by Crippen LogP contribution is -2.10. The molecule has 0 atom stereocenters. The highest BCUT2D eigenvalue weighted by Gasteiger charge is 2.14. The summed E-state index contributed by atoms with van der Waals surface area (Å²) in [6.07, 6.45) is 2.84. The number of hydrogen-bond acceptors (Lipinski definition) is 6. The van der Waals surface area contributed by atoms with Crippen molar-refractivity contribution >= 4 is 0 Å². The smallest absolute Gasteiger partial charge is 0.251 e. The lowest BCUT2D eigenvalue weighted by atomic mass is 10.0. The maximum atomic E-state index is 13.1. The number of aromatic amines is 1. The van der Waals surface area contributed by atoms with Crippen LogP contribution in [0.5, 0.6) is 5.75 Å². The molecule has 0 aliphatic rings. The van der Waals surface area contributed by atoms with Crippen molar-refractivity contribution in [1.82, 2.24) is 24.9 Å². The molecule has 0 aliphatic heterocycles. The van der Waals surface area contributed by atoms with Gasteiger partial charge in [0.15, 0.2) is 0 Å². The van der Waals surface area contributed by atoms with E-state index in [9.17, 15) is 9.18 Å². The number of rotatable bonds is 6. The zero-order valence-electron chi connectivity index (χ0n) is 18.9. The number of halogens is 1. The Hall–Kier alpha value is -3.94. The van der Waals surface area contributed by atoms with Gasteiger partial charge in [-0.1, -0.05) is 13.8 Å². The molecule has 4 rings (SSSR count). The van der Waals surface area contributed by atoms with Gasteiger partial charge in [0.05, 0.1) is 23.3 Å². The Kier molecular flexibility index (Phi) is 6.26. The summed E-state index contributed by atoms with van der Waals surface area (Å²) in [4.78, 5) is 32.8. The van der Waals surface area contributed by atoms with Crippen LogP contribution < -0.4 is 10.3 Å². The molecule has 0 bridgehead atoms. The molecule has 8 heteroatoms. The van der Waals surface area contributed by atoms with Crippen molar-refractivity contribution in [2.75, 3.05) is 0 Å². The van der Waals surface area contributed by atoms with Crippen molar-refractivity contribution in [1.29, 1.82) is 0 Å². The molecule has 0 amide bonds. The molecule has 33 heavy (non-hydrogen) atoms. The van der Waals surface area contributed by atoms with Crippen molar-refractivity contribution in [3.8, 4) is 28.5 Å². The van der Waals surface area contributed by atoms with Crippen LogP contribution in [-0.4, -0.2) is 24.9 Å². The molecule has 0 radical (unpaired) electrons. The topological polar surface area (TPSA) is 93.7 Å². The first-order valence-electron chi connectivity index (χ1n) is 10.6. The van der Waals surface area contributed by atoms with Gasteiger partial charge in [0.1, 0.15) is 29.8 Å². The van der Waals surface area contributed by atoms with Crippen molar-refractivity contribution in [3.05, 3.63) is 87.6 Å². The largest absolute Gasteiger partial charge is 0.487 e. The van der Waals surface area contributed by atoms with Crippen molar-refractivity contribution in [3.63, 3.8) is 0 Å². The molecule has 168 valence electrons. The van der Waals surface area contributed by atoms with Crippen LogP contribution in [0.1, 0.15) is 42.4 Å². The fourth-order valence-electron chi connectivity index (χ4n) is 3.35. The number of pyridine rings is 1. The Morgan fingerprint density at radius 3 is 2.55 bits per heavy atom. The molecule has 3 aromatic heterocycles. The summed E-state index contributed by atoms with van der Waals surface area (Å²) in [6.45, 7) is 8.08. The molecule has 0 unspecified atom stereocenters. The van der Waals surface area contributed by atoms with Gasteiger partial charge in [-0.15, -0.1) is 0 Å². The number of H-pyrrole nitrogens is 1. The first-order valence-corrected chi connectivity index (χ1v) is 10.6. The van der Waals surface area contributed by atoms with Crippen LogP contribution in [0.25, 0.3) is 22.8 Å². The van der Waals surface area contributed by atoms with E-state index in [0.717, 1.165) is 22.9 Å². The van der Waals surface area contributed by atoms with E-state index < -0.39 is 0 Å². The fraction of sp³-hybridized carbons (Fsp3) is 0.240. The zero-order valence-corrected chi connectivity index (χ0v) is 18.9. The van der Waals surface area contributed by atoms with E-state index >= 15 is 0 Å². The van der Waals surface area contributed by atoms with Crippen molar-refractivity contribution in [2.24, 2.45) is 0 Å². The fourth-order valence-corrected chi connectivity index (χ4v) is 3.35. The van der Waals surface area contributed by atoms with E-state index in [4.69, 9.17) is 4.74 Å².